The number of phenols is 1. The molecule has 0 aliphatic carbocycles. The number of fused-ring (bicyclic) bond motifs is 1. The smallest absolute Gasteiger partial charge is 0.125 e. The van der Waals surface area contributed by atoms with E-state index in [0.717, 1.165) is 0 Å². The van der Waals surface area contributed by atoms with Crippen molar-refractivity contribution in [3.8, 4) is 5.75 Å². The van der Waals surface area contributed by atoms with E-state index in [1.54, 1.807) is 18.2 Å². The summed E-state index contributed by atoms with van der Waals surface area (Å²) in [7, 11) is -4.56. The molecule has 78 valence electrons. The fraction of sp³-hybridized carbons (Fsp3) is 0. The van der Waals surface area contributed by atoms with Gasteiger partial charge >= 0.3 is 0 Å². The molecule has 2 aromatic rings. The molecule has 0 saturated heterocycles. The molecular formula is C10H7O4S-. The van der Waals surface area contributed by atoms with Gasteiger partial charge in [0.15, 0.2) is 0 Å². The van der Waals surface area contributed by atoms with Crippen molar-refractivity contribution in [1.29, 1.82) is 0 Å². The average Bonchev–Trinajstić information content (AvgIpc) is 2.16. The molecule has 0 unspecified atom stereocenters. The molecule has 2 rings (SSSR count). The molecule has 0 heterocycles. The summed E-state index contributed by atoms with van der Waals surface area (Å²) in [5, 5.41) is 10.1. The van der Waals surface area contributed by atoms with Crippen LogP contribution in [0, 0.1) is 0 Å². The molecule has 4 nitrogen and oxygen atoms in total. The normalized spacial score (nSPS) is 11.8. The quantitative estimate of drug-likeness (QED) is 0.742. The Balaban J connectivity index is 2.99. The zero-order valence-corrected chi connectivity index (χ0v) is 8.36. The van der Waals surface area contributed by atoms with E-state index in [9.17, 15) is 18.1 Å². The van der Waals surface area contributed by atoms with Crippen molar-refractivity contribution in [2.45, 2.75) is 4.90 Å². The maximum absolute atomic E-state index is 10.9. The molecule has 0 spiro atoms. The maximum atomic E-state index is 10.9. The van der Waals surface area contributed by atoms with Crippen LogP contribution in [0.1, 0.15) is 0 Å². The highest BCUT2D eigenvalue weighted by atomic mass is 32.2. The Morgan fingerprint density at radius 2 is 1.67 bits per heavy atom. The summed E-state index contributed by atoms with van der Waals surface area (Å²) in [6.45, 7) is 0. The van der Waals surface area contributed by atoms with Crippen molar-refractivity contribution in [3.63, 3.8) is 0 Å². The average molecular weight is 223 g/mol. The lowest BCUT2D eigenvalue weighted by atomic mass is 10.1. The summed E-state index contributed by atoms with van der Waals surface area (Å²) in [6.07, 6.45) is 0. The van der Waals surface area contributed by atoms with Gasteiger partial charge in [0.05, 0.1) is 4.90 Å². The summed E-state index contributed by atoms with van der Waals surface area (Å²) >= 11 is 0. The van der Waals surface area contributed by atoms with Crippen molar-refractivity contribution in [2.24, 2.45) is 0 Å². The molecule has 15 heavy (non-hydrogen) atoms. The Bertz CT molecular complexity index is 611. The molecule has 1 N–H and O–H groups in total. The molecule has 0 atom stereocenters. The van der Waals surface area contributed by atoms with Crippen molar-refractivity contribution in [1.82, 2.24) is 0 Å². The highest BCUT2D eigenvalue weighted by Gasteiger charge is 2.09. The molecular weight excluding hydrogens is 216 g/mol. The third-order valence-electron chi connectivity index (χ3n) is 2.11. The van der Waals surface area contributed by atoms with Gasteiger partial charge in [-0.25, -0.2) is 8.42 Å². The van der Waals surface area contributed by atoms with Crippen LogP contribution in [0.3, 0.4) is 0 Å². The number of aromatic hydroxyl groups is 1. The van der Waals surface area contributed by atoms with Gasteiger partial charge in [-0.2, -0.15) is 0 Å². The Labute approximate surface area is 86.5 Å². The molecule has 0 radical (unpaired) electrons. The van der Waals surface area contributed by atoms with Crippen LogP contribution in [0.15, 0.2) is 41.3 Å². The molecule has 0 saturated carbocycles. The van der Waals surface area contributed by atoms with Crippen molar-refractivity contribution >= 4 is 20.9 Å². The van der Waals surface area contributed by atoms with Crippen LogP contribution in [-0.4, -0.2) is 18.1 Å². The first-order chi connectivity index (χ1) is 7.00. The third kappa shape index (κ3) is 1.67. The largest absolute Gasteiger partial charge is 0.744 e. The van der Waals surface area contributed by atoms with E-state index in [1.807, 2.05) is 0 Å². The van der Waals surface area contributed by atoms with E-state index >= 15 is 0 Å². The lowest BCUT2D eigenvalue weighted by molar-refractivity contribution is 0.461. The molecule has 0 fully saturated rings. The van der Waals surface area contributed by atoms with E-state index in [2.05, 4.69) is 0 Å². The zero-order chi connectivity index (χ0) is 11.1. The predicted molar refractivity (Wildman–Crippen MR) is 53.6 cm³/mol. The second-order valence-electron chi connectivity index (χ2n) is 3.09. The molecule has 2 aromatic carbocycles. The second kappa shape index (κ2) is 3.22. The number of hydrogen-bond acceptors (Lipinski definition) is 4. The summed E-state index contributed by atoms with van der Waals surface area (Å²) < 4.78 is 32.8. The first-order valence-corrected chi connectivity index (χ1v) is 5.57. The van der Waals surface area contributed by atoms with E-state index in [-0.39, 0.29) is 11.1 Å². The van der Waals surface area contributed by atoms with Gasteiger partial charge in [-0.15, -0.1) is 0 Å². The Kier molecular flexibility index (Phi) is 2.13. The van der Waals surface area contributed by atoms with Gasteiger partial charge in [0.25, 0.3) is 0 Å². The van der Waals surface area contributed by atoms with Crippen LogP contribution >= 0.6 is 0 Å². The van der Waals surface area contributed by atoms with Crippen LogP contribution in [0.4, 0.5) is 0 Å². The highest BCUT2D eigenvalue weighted by Crippen LogP contribution is 2.30. The standard InChI is InChI=1S/C10H8O4S/c11-8-5-1-3-7-4-2-6-9(10(7)8)15(12,13)14/h1-6,11H,(H,12,13,14)/p-1. The monoisotopic (exact) mass is 223 g/mol. The van der Waals surface area contributed by atoms with Crippen LogP contribution < -0.4 is 0 Å². The Hall–Kier alpha value is -1.59. The summed E-state index contributed by atoms with van der Waals surface area (Å²) in [6, 6.07) is 8.83. The summed E-state index contributed by atoms with van der Waals surface area (Å²) in [5.41, 5.74) is 0. The minimum Gasteiger partial charge on any atom is -0.744 e. The van der Waals surface area contributed by atoms with Crippen LogP contribution in [0.5, 0.6) is 5.75 Å². The van der Waals surface area contributed by atoms with Crippen LogP contribution in [0.25, 0.3) is 10.8 Å². The molecule has 0 bridgehead atoms. The van der Waals surface area contributed by atoms with Gasteiger partial charge < -0.3 is 9.66 Å². The van der Waals surface area contributed by atoms with Crippen LogP contribution in [-0.2, 0) is 10.1 Å². The minimum absolute atomic E-state index is 0.0787. The van der Waals surface area contributed by atoms with Gasteiger partial charge in [-0.1, -0.05) is 24.3 Å². The third-order valence-corrected chi connectivity index (χ3v) is 2.99. The van der Waals surface area contributed by atoms with Gasteiger partial charge in [-0.05, 0) is 17.5 Å². The van der Waals surface area contributed by atoms with Gasteiger partial charge in [-0.3, -0.25) is 0 Å². The highest BCUT2D eigenvalue weighted by molar-refractivity contribution is 7.86. The van der Waals surface area contributed by atoms with Gasteiger partial charge in [0, 0.05) is 5.39 Å². The molecule has 5 heteroatoms. The van der Waals surface area contributed by atoms with Crippen molar-refractivity contribution < 1.29 is 18.1 Å². The lowest BCUT2D eigenvalue weighted by Crippen LogP contribution is -1.99. The molecule has 0 amide bonds. The number of rotatable bonds is 1. The first kappa shape index (κ1) is 9.95. The van der Waals surface area contributed by atoms with E-state index in [4.69, 9.17) is 0 Å². The van der Waals surface area contributed by atoms with Crippen LogP contribution in [0.2, 0.25) is 0 Å². The first-order valence-electron chi connectivity index (χ1n) is 4.17. The molecule has 0 aliphatic rings. The maximum Gasteiger partial charge on any atom is 0.125 e. The second-order valence-corrected chi connectivity index (χ2v) is 4.43. The fourth-order valence-electron chi connectivity index (χ4n) is 1.50. The van der Waals surface area contributed by atoms with E-state index in [1.165, 1.54) is 18.2 Å². The van der Waals surface area contributed by atoms with E-state index in [0.29, 0.717) is 5.39 Å². The number of hydrogen-bond donors (Lipinski definition) is 1. The van der Waals surface area contributed by atoms with E-state index < -0.39 is 15.0 Å². The number of phenolic OH excluding ortho intramolecular Hbond substituents is 1. The molecule has 0 aliphatic heterocycles. The van der Waals surface area contributed by atoms with Gasteiger partial charge in [0.2, 0.25) is 0 Å². The zero-order valence-electron chi connectivity index (χ0n) is 7.54. The molecule has 0 aromatic heterocycles. The summed E-state index contributed by atoms with van der Waals surface area (Å²) in [4.78, 5) is -0.391. The number of benzene rings is 2. The van der Waals surface area contributed by atoms with Crippen molar-refractivity contribution in [3.05, 3.63) is 36.4 Å². The topological polar surface area (TPSA) is 77.4 Å². The predicted octanol–water partition coefficient (Wildman–Crippen LogP) is 1.45. The lowest BCUT2D eigenvalue weighted by Gasteiger charge is -2.11. The Morgan fingerprint density at radius 1 is 1.07 bits per heavy atom. The van der Waals surface area contributed by atoms with Gasteiger partial charge in [0.1, 0.15) is 15.9 Å². The fourth-order valence-corrected chi connectivity index (χ4v) is 2.21. The minimum atomic E-state index is -4.56. The Morgan fingerprint density at radius 3 is 2.27 bits per heavy atom. The SMILES string of the molecule is O=S(=O)([O-])c1cccc2cccc(O)c12. The summed E-state index contributed by atoms with van der Waals surface area (Å²) in [5.74, 6) is -0.206. The van der Waals surface area contributed by atoms with Crippen molar-refractivity contribution in [2.75, 3.05) is 0 Å².